The van der Waals surface area contributed by atoms with E-state index >= 15 is 0 Å². The smallest absolute Gasteiger partial charge is 0.250 e. The summed E-state index contributed by atoms with van der Waals surface area (Å²) in [6.45, 7) is 1.40. The lowest BCUT2D eigenvalue weighted by molar-refractivity contribution is -0.116. The van der Waals surface area contributed by atoms with Crippen molar-refractivity contribution in [3.63, 3.8) is 0 Å². The molecule has 0 radical (unpaired) electrons. The van der Waals surface area contributed by atoms with Crippen LogP contribution in [-0.4, -0.2) is 16.3 Å². The minimum Gasteiger partial charge on any atom is -0.325 e. The van der Waals surface area contributed by atoms with E-state index in [0.717, 1.165) is 0 Å². The number of pyridine rings is 1. The first-order chi connectivity index (χ1) is 9.56. The largest absolute Gasteiger partial charge is 0.325 e. The second-order valence-electron chi connectivity index (χ2n) is 4.35. The summed E-state index contributed by atoms with van der Waals surface area (Å²) in [4.78, 5) is 34.6. The maximum Gasteiger partial charge on any atom is 0.250 e. The number of hydrogen-bond donors (Lipinski definition) is 1. The summed E-state index contributed by atoms with van der Waals surface area (Å²) in [5, 5.41) is 2.66. The molecule has 1 N–H and O–H groups in total. The molecule has 1 aromatic carbocycles. The topological polar surface area (TPSA) is 68.2 Å². The van der Waals surface area contributed by atoms with Crippen molar-refractivity contribution in [1.82, 2.24) is 4.57 Å². The first kappa shape index (κ1) is 13.7. The lowest BCUT2D eigenvalue weighted by Gasteiger charge is -2.07. The van der Waals surface area contributed by atoms with Gasteiger partial charge in [0.25, 0.3) is 5.56 Å². The van der Waals surface area contributed by atoms with Crippen LogP contribution >= 0.6 is 0 Å². The standard InChI is InChI=1S/C15H14N2O3/c1-11(18)12-5-4-6-13(9-12)16-14(19)10-17-8-3-2-7-15(17)20/h2-9H,10H2,1H3,(H,16,19). The Labute approximate surface area is 115 Å². The number of rotatable bonds is 4. The van der Waals surface area contributed by atoms with Crippen molar-refractivity contribution in [3.05, 3.63) is 64.6 Å². The lowest BCUT2D eigenvalue weighted by Crippen LogP contribution is -2.26. The van der Waals surface area contributed by atoms with Crippen LogP contribution in [0.5, 0.6) is 0 Å². The van der Waals surface area contributed by atoms with Crippen molar-refractivity contribution in [1.29, 1.82) is 0 Å². The Bertz CT molecular complexity index is 704. The molecule has 5 heteroatoms. The van der Waals surface area contributed by atoms with Gasteiger partial charge in [-0.1, -0.05) is 18.2 Å². The highest BCUT2D eigenvalue weighted by molar-refractivity contribution is 5.97. The van der Waals surface area contributed by atoms with Crippen LogP contribution in [0.3, 0.4) is 0 Å². The van der Waals surface area contributed by atoms with Gasteiger partial charge < -0.3 is 9.88 Å². The van der Waals surface area contributed by atoms with Crippen LogP contribution in [-0.2, 0) is 11.3 Å². The van der Waals surface area contributed by atoms with Crippen molar-refractivity contribution in [3.8, 4) is 0 Å². The van der Waals surface area contributed by atoms with E-state index in [1.807, 2.05) is 0 Å². The first-order valence-corrected chi connectivity index (χ1v) is 6.12. The van der Waals surface area contributed by atoms with Gasteiger partial charge in [0.15, 0.2) is 5.78 Å². The number of benzene rings is 1. The molecule has 20 heavy (non-hydrogen) atoms. The number of nitrogens with zero attached hydrogens (tertiary/aromatic N) is 1. The van der Waals surface area contributed by atoms with Gasteiger partial charge >= 0.3 is 0 Å². The van der Waals surface area contributed by atoms with E-state index in [1.54, 1.807) is 42.6 Å². The predicted octanol–water partition coefficient (Wildman–Crippen LogP) is 1.69. The van der Waals surface area contributed by atoms with Crippen molar-refractivity contribution in [2.45, 2.75) is 13.5 Å². The van der Waals surface area contributed by atoms with E-state index in [2.05, 4.69) is 5.32 Å². The molecule has 1 aromatic heterocycles. The molecule has 0 spiro atoms. The van der Waals surface area contributed by atoms with Crippen LogP contribution in [0.2, 0.25) is 0 Å². The van der Waals surface area contributed by atoms with Crippen molar-refractivity contribution in [2.75, 3.05) is 5.32 Å². The Morgan fingerprint density at radius 2 is 1.95 bits per heavy atom. The second-order valence-corrected chi connectivity index (χ2v) is 4.35. The monoisotopic (exact) mass is 270 g/mol. The Balaban J connectivity index is 2.09. The Hall–Kier alpha value is -2.69. The molecular formula is C15H14N2O3. The zero-order chi connectivity index (χ0) is 14.5. The lowest BCUT2D eigenvalue weighted by atomic mass is 10.1. The molecular weight excluding hydrogens is 256 g/mol. The molecule has 1 heterocycles. The maximum absolute atomic E-state index is 11.9. The quantitative estimate of drug-likeness (QED) is 0.860. The summed E-state index contributed by atoms with van der Waals surface area (Å²) >= 11 is 0. The number of hydrogen-bond acceptors (Lipinski definition) is 3. The Kier molecular flexibility index (Phi) is 4.10. The van der Waals surface area contributed by atoms with Crippen LogP contribution < -0.4 is 10.9 Å². The maximum atomic E-state index is 11.9. The minimum atomic E-state index is -0.320. The highest BCUT2D eigenvalue weighted by Crippen LogP contribution is 2.11. The molecule has 0 unspecified atom stereocenters. The van der Waals surface area contributed by atoms with Crippen LogP contribution in [0.1, 0.15) is 17.3 Å². The molecule has 1 amide bonds. The number of Topliss-reactive ketones (excluding diaryl/α,β-unsaturated/α-hetero) is 1. The molecule has 2 rings (SSSR count). The number of carbonyl (C=O) groups excluding carboxylic acids is 2. The zero-order valence-electron chi connectivity index (χ0n) is 11.0. The summed E-state index contributed by atoms with van der Waals surface area (Å²) in [6.07, 6.45) is 1.55. The molecule has 0 aliphatic heterocycles. The first-order valence-electron chi connectivity index (χ1n) is 6.12. The number of carbonyl (C=O) groups is 2. The highest BCUT2D eigenvalue weighted by atomic mass is 16.2. The SMILES string of the molecule is CC(=O)c1cccc(NC(=O)Cn2ccccc2=O)c1. The average molecular weight is 270 g/mol. The normalized spacial score (nSPS) is 10.1. The molecule has 0 saturated carbocycles. The van der Waals surface area contributed by atoms with Gasteiger partial charge in [0.2, 0.25) is 5.91 Å². The summed E-state index contributed by atoms with van der Waals surface area (Å²) in [6, 6.07) is 11.4. The van der Waals surface area contributed by atoms with Crippen molar-refractivity contribution < 1.29 is 9.59 Å². The summed E-state index contributed by atoms with van der Waals surface area (Å²) < 4.78 is 1.31. The summed E-state index contributed by atoms with van der Waals surface area (Å²) in [5.74, 6) is -0.389. The van der Waals surface area contributed by atoms with Gasteiger partial charge in [0.05, 0.1) is 0 Å². The zero-order valence-corrected chi connectivity index (χ0v) is 11.0. The van der Waals surface area contributed by atoms with Crippen molar-refractivity contribution in [2.24, 2.45) is 0 Å². The molecule has 0 atom stereocenters. The molecule has 2 aromatic rings. The molecule has 0 saturated heterocycles. The van der Waals surface area contributed by atoms with Gasteiger partial charge in [-0.05, 0) is 25.1 Å². The van der Waals surface area contributed by atoms with Gasteiger partial charge in [-0.25, -0.2) is 0 Å². The number of nitrogens with one attached hydrogen (secondary N) is 1. The molecule has 0 bridgehead atoms. The van der Waals surface area contributed by atoms with E-state index in [-0.39, 0.29) is 23.8 Å². The fourth-order valence-corrected chi connectivity index (χ4v) is 1.76. The van der Waals surface area contributed by atoms with Gasteiger partial charge in [-0.2, -0.15) is 0 Å². The predicted molar refractivity (Wildman–Crippen MR) is 75.8 cm³/mol. The molecule has 5 nitrogen and oxygen atoms in total. The van der Waals surface area contributed by atoms with Gasteiger partial charge in [-0.3, -0.25) is 14.4 Å². The van der Waals surface area contributed by atoms with E-state index in [1.165, 1.54) is 17.6 Å². The molecule has 0 fully saturated rings. The molecule has 0 aliphatic carbocycles. The van der Waals surface area contributed by atoms with Crippen LogP contribution in [0.4, 0.5) is 5.69 Å². The van der Waals surface area contributed by atoms with Crippen LogP contribution in [0.25, 0.3) is 0 Å². The fraction of sp³-hybridized carbons (Fsp3) is 0.133. The van der Waals surface area contributed by atoms with Gasteiger partial charge in [-0.15, -0.1) is 0 Å². The third kappa shape index (κ3) is 3.41. The van der Waals surface area contributed by atoms with E-state index in [0.29, 0.717) is 11.3 Å². The number of anilines is 1. The number of amides is 1. The minimum absolute atomic E-state index is 0.0655. The van der Waals surface area contributed by atoms with Gasteiger partial charge in [0.1, 0.15) is 6.54 Å². The third-order valence-electron chi connectivity index (χ3n) is 2.77. The number of ketones is 1. The highest BCUT2D eigenvalue weighted by Gasteiger charge is 2.06. The van der Waals surface area contributed by atoms with E-state index < -0.39 is 0 Å². The second kappa shape index (κ2) is 5.97. The summed E-state index contributed by atoms with van der Waals surface area (Å²) in [7, 11) is 0. The Morgan fingerprint density at radius 3 is 2.65 bits per heavy atom. The third-order valence-corrected chi connectivity index (χ3v) is 2.77. The molecule has 0 aliphatic rings. The van der Waals surface area contributed by atoms with Gasteiger partial charge in [0, 0.05) is 23.5 Å². The van der Waals surface area contributed by atoms with Crippen LogP contribution in [0.15, 0.2) is 53.5 Å². The van der Waals surface area contributed by atoms with Crippen molar-refractivity contribution >= 4 is 17.4 Å². The van der Waals surface area contributed by atoms with Crippen LogP contribution in [0, 0.1) is 0 Å². The molecule has 102 valence electrons. The van der Waals surface area contributed by atoms with E-state index in [4.69, 9.17) is 0 Å². The fourth-order valence-electron chi connectivity index (χ4n) is 1.76. The summed E-state index contributed by atoms with van der Waals surface area (Å²) in [5.41, 5.74) is 0.825. The average Bonchev–Trinajstić information content (AvgIpc) is 2.41. The number of aromatic nitrogens is 1. The van der Waals surface area contributed by atoms with E-state index in [9.17, 15) is 14.4 Å². The Morgan fingerprint density at radius 1 is 1.15 bits per heavy atom.